The van der Waals surface area contributed by atoms with Crippen LogP contribution >= 0.6 is 23.2 Å². The number of rotatable bonds is 11. The van der Waals surface area contributed by atoms with E-state index in [0.717, 1.165) is 34.6 Å². The quantitative estimate of drug-likeness (QED) is 0.222. The van der Waals surface area contributed by atoms with Crippen molar-refractivity contribution in [3.63, 3.8) is 0 Å². The van der Waals surface area contributed by atoms with Crippen molar-refractivity contribution in [2.75, 3.05) is 26.4 Å². The van der Waals surface area contributed by atoms with Gasteiger partial charge in [-0.25, -0.2) is 0 Å². The maximum atomic E-state index is 12.5. The molecule has 2 aromatic rings. The van der Waals surface area contributed by atoms with Gasteiger partial charge in [0.1, 0.15) is 12.5 Å². The zero-order valence-electron chi connectivity index (χ0n) is 23.8. The number of aromatic nitrogens is 1. The topological polar surface area (TPSA) is 61.7 Å². The normalized spacial score (nSPS) is 15.0. The van der Waals surface area contributed by atoms with E-state index in [4.69, 9.17) is 37.1 Å². The molecule has 37 heavy (non-hydrogen) atoms. The number of benzene rings is 1. The minimum absolute atomic E-state index is 0.00255. The van der Waals surface area contributed by atoms with Gasteiger partial charge < -0.3 is 23.8 Å². The van der Waals surface area contributed by atoms with Crippen LogP contribution < -0.4 is 10.1 Å². The monoisotopic (exact) mass is 586 g/mol. The number of hydrogen-bond donors (Lipinski definition) is 1. The van der Waals surface area contributed by atoms with E-state index in [1.807, 2.05) is 0 Å². The van der Waals surface area contributed by atoms with Crippen LogP contribution in [0.3, 0.4) is 0 Å². The van der Waals surface area contributed by atoms with Crippen molar-refractivity contribution < 1.29 is 18.7 Å². The van der Waals surface area contributed by atoms with E-state index in [1.165, 1.54) is 0 Å². The lowest BCUT2D eigenvalue weighted by Gasteiger charge is -2.36. The fourth-order valence-electron chi connectivity index (χ4n) is 4.17. The van der Waals surface area contributed by atoms with Crippen LogP contribution in [0, 0.1) is 0 Å². The number of carbonyl (C=O) groups is 1. The first-order valence-corrected chi connectivity index (χ1v) is 20.6. The number of ether oxygens (including phenoxy) is 2. The van der Waals surface area contributed by atoms with Crippen LogP contribution in [0.5, 0.6) is 5.75 Å². The average molecular weight is 588 g/mol. The summed E-state index contributed by atoms with van der Waals surface area (Å²) in [5, 5.41) is 4.92. The molecule has 0 bridgehead atoms. The molecular weight excluding hydrogens is 543 g/mol. The molecule has 0 aliphatic carbocycles. The van der Waals surface area contributed by atoms with Crippen LogP contribution in [0.15, 0.2) is 6.07 Å². The van der Waals surface area contributed by atoms with E-state index >= 15 is 0 Å². The van der Waals surface area contributed by atoms with Gasteiger partial charge in [-0.3, -0.25) is 4.79 Å². The summed E-state index contributed by atoms with van der Waals surface area (Å²) >= 11 is 13.4. The zero-order valence-corrected chi connectivity index (χ0v) is 27.3. The predicted molar refractivity (Wildman–Crippen MR) is 160 cm³/mol. The van der Waals surface area contributed by atoms with E-state index in [9.17, 15) is 4.79 Å². The van der Waals surface area contributed by atoms with Crippen LogP contribution in [0.1, 0.15) is 38.4 Å². The highest BCUT2D eigenvalue weighted by Crippen LogP contribution is 2.43. The van der Waals surface area contributed by atoms with Crippen LogP contribution in [-0.2, 0) is 33.5 Å². The first-order valence-electron chi connectivity index (χ1n) is 13.3. The van der Waals surface area contributed by atoms with Crippen molar-refractivity contribution in [3.05, 3.63) is 27.4 Å². The van der Waals surface area contributed by atoms with Crippen molar-refractivity contribution >= 4 is 56.4 Å². The van der Waals surface area contributed by atoms with Crippen molar-refractivity contribution in [2.45, 2.75) is 90.6 Å². The lowest BCUT2D eigenvalue weighted by atomic mass is 10.1. The molecule has 1 N–H and O–H groups in total. The Bertz CT molecular complexity index is 1120. The Morgan fingerprint density at radius 3 is 2.43 bits per heavy atom. The molecule has 0 saturated carbocycles. The Morgan fingerprint density at radius 1 is 1.08 bits per heavy atom. The Balaban J connectivity index is 1.88. The third kappa shape index (κ3) is 7.54. The first-order chi connectivity index (χ1) is 17.1. The molecule has 1 aromatic carbocycles. The van der Waals surface area contributed by atoms with Gasteiger partial charge in [0.05, 0.1) is 28.6 Å². The minimum Gasteiger partial charge on any atom is -0.493 e. The molecule has 0 spiro atoms. The number of nitrogens with one attached hydrogen (secondary N) is 1. The van der Waals surface area contributed by atoms with Crippen molar-refractivity contribution in [1.29, 1.82) is 0 Å². The number of nitrogens with zero attached hydrogens (tertiary/aromatic N) is 1. The highest BCUT2D eigenvalue weighted by atomic mass is 35.5. The van der Waals surface area contributed by atoms with E-state index in [-0.39, 0.29) is 17.4 Å². The molecule has 1 aliphatic heterocycles. The molecule has 1 amide bonds. The lowest BCUT2D eigenvalue weighted by Crippen LogP contribution is -2.41. The summed E-state index contributed by atoms with van der Waals surface area (Å²) in [5.74, 6) is 0.653. The summed E-state index contributed by atoms with van der Waals surface area (Å²) < 4.78 is 20.8. The van der Waals surface area contributed by atoms with Gasteiger partial charge in [-0.2, -0.15) is 0 Å². The summed E-state index contributed by atoms with van der Waals surface area (Å²) in [6.07, 6.45) is 1.73. The molecule has 1 aliphatic rings. The molecule has 0 unspecified atom stereocenters. The molecule has 6 nitrogen and oxygen atoms in total. The highest BCUT2D eigenvalue weighted by molar-refractivity contribution is 6.76. The van der Waals surface area contributed by atoms with Crippen molar-refractivity contribution in [1.82, 2.24) is 9.88 Å². The molecular formula is C27H44Cl2N2O4Si2. The fourth-order valence-corrected chi connectivity index (χ4v) is 6.46. The maximum Gasteiger partial charge on any atom is 0.224 e. The number of hydrogen-bond acceptors (Lipinski definition) is 4. The third-order valence-corrected chi connectivity index (χ3v) is 14.5. The molecule has 0 saturated heterocycles. The van der Waals surface area contributed by atoms with E-state index in [1.54, 1.807) is 6.07 Å². The summed E-state index contributed by atoms with van der Waals surface area (Å²) in [5.41, 5.74) is 2.79. The van der Waals surface area contributed by atoms with Gasteiger partial charge in [0, 0.05) is 57.8 Å². The van der Waals surface area contributed by atoms with Crippen molar-refractivity contribution in [3.8, 4) is 5.75 Å². The first kappa shape index (κ1) is 30.5. The Hall–Kier alpha value is -1.04. The van der Waals surface area contributed by atoms with E-state index < -0.39 is 16.4 Å². The molecule has 10 heteroatoms. The fraction of sp³-hybridized carbons (Fsp3) is 0.667. The van der Waals surface area contributed by atoms with Gasteiger partial charge in [0.15, 0.2) is 8.32 Å². The molecule has 1 aromatic heterocycles. The number of amides is 1. The standard InChI is InChI=1S/C27H44Cl2N2O4Si2/c1-27(2,3)37(7,8)35-13-9-12-34-22-17-20(28)25(29)26-24(22)19-16-23(32)30-11-10-21(19)31(26)18-33-14-15-36(4,5)6/h17H,9-16,18H2,1-8H3,(H,30,32). The highest BCUT2D eigenvalue weighted by Gasteiger charge is 2.36. The van der Waals surface area contributed by atoms with Crippen LogP contribution in [0.25, 0.3) is 10.9 Å². The second-order valence-corrected chi connectivity index (χ2v) is 23.9. The van der Waals surface area contributed by atoms with Crippen LogP contribution in [0.4, 0.5) is 0 Å². The summed E-state index contributed by atoms with van der Waals surface area (Å²) in [6.45, 7) is 21.0. The predicted octanol–water partition coefficient (Wildman–Crippen LogP) is 7.27. The zero-order chi connectivity index (χ0) is 27.6. The molecule has 0 fully saturated rings. The molecule has 0 atom stereocenters. The lowest BCUT2D eigenvalue weighted by molar-refractivity contribution is -0.120. The molecule has 0 radical (unpaired) electrons. The largest absolute Gasteiger partial charge is 0.493 e. The molecule has 208 valence electrons. The average Bonchev–Trinajstić information content (AvgIpc) is 2.92. The second-order valence-electron chi connectivity index (χ2n) is 12.7. The van der Waals surface area contributed by atoms with Gasteiger partial charge in [-0.15, -0.1) is 0 Å². The SMILES string of the molecule is CC(C)(C)[Si](C)(C)OCCCOc1cc(Cl)c(Cl)c2c1c1c(n2COCC[Si](C)(C)C)CCNC(=O)C1. The number of carbonyl (C=O) groups excluding carboxylic acids is 1. The number of halogens is 2. The van der Waals surface area contributed by atoms with Gasteiger partial charge >= 0.3 is 0 Å². The Kier molecular flexibility index (Phi) is 9.90. The summed E-state index contributed by atoms with van der Waals surface area (Å²) in [4.78, 5) is 12.5. The number of fused-ring (bicyclic) bond motifs is 3. The van der Waals surface area contributed by atoms with Crippen molar-refractivity contribution in [2.24, 2.45) is 0 Å². The van der Waals surface area contributed by atoms with Gasteiger partial charge in [-0.05, 0) is 29.7 Å². The summed E-state index contributed by atoms with van der Waals surface area (Å²) in [6, 6.07) is 2.86. The smallest absolute Gasteiger partial charge is 0.224 e. The Labute approximate surface area is 234 Å². The van der Waals surface area contributed by atoms with E-state index in [2.05, 4.69) is 63.4 Å². The Morgan fingerprint density at radius 2 is 1.78 bits per heavy atom. The van der Waals surface area contributed by atoms with E-state index in [0.29, 0.717) is 55.3 Å². The summed E-state index contributed by atoms with van der Waals surface area (Å²) in [7, 11) is -3.02. The van der Waals surface area contributed by atoms with Crippen LogP contribution in [-0.4, -0.2) is 53.2 Å². The van der Waals surface area contributed by atoms with Gasteiger partial charge in [0.2, 0.25) is 5.91 Å². The molecule has 3 rings (SSSR count). The van der Waals surface area contributed by atoms with Gasteiger partial charge in [0.25, 0.3) is 0 Å². The molecule has 2 heterocycles. The minimum atomic E-state index is -1.81. The third-order valence-electron chi connectivity index (χ3n) is 7.46. The maximum absolute atomic E-state index is 12.5. The van der Waals surface area contributed by atoms with Gasteiger partial charge in [-0.1, -0.05) is 63.6 Å². The second kappa shape index (κ2) is 12.0. The van der Waals surface area contributed by atoms with Crippen LogP contribution in [0.2, 0.25) is 53.9 Å².